The predicted octanol–water partition coefficient (Wildman–Crippen LogP) is 3.97. The van der Waals surface area contributed by atoms with E-state index < -0.39 is 0 Å². The number of hydrogen-bond donors (Lipinski definition) is 1. The molecule has 0 aliphatic rings. The molecular formula is C15H12ClFN2O. The molecule has 0 unspecified atom stereocenters. The number of anilines is 1. The number of nitrogens with one attached hydrogen (secondary N) is 1. The largest absolute Gasteiger partial charge is 0.497 e. The molecule has 2 aromatic rings. The normalized spacial score (nSPS) is 9.90. The topological polar surface area (TPSA) is 45.0 Å². The Morgan fingerprint density at radius 3 is 2.70 bits per heavy atom. The monoisotopic (exact) mass is 290 g/mol. The number of nitrogens with zero attached hydrogens (tertiary/aromatic N) is 1. The lowest BCUT2D eigenvalue weighted by Gasteiger charge is -2.10. The quantitative estimate of drug-likeness (QED) is 0.926. The molecule has 20 heavy (non-hydrogen) atoms. The van der Waals surface area contributed by atoms with Gasteiger partial charge in [-0.05, 0) is 24.3 Å². The van der Waals surface area contributed by atoms with Crippen molar-refractivity contribution in [1.82, 2.24) is 0 Å². The highest BCUT2D eigenvalue weighted by atomic mass is 35.5. The lowest BCUT2D eigenvalue weighted by molar-refractivity contribution is 0.411. The maximum absolute atomic E-state index is 13.8. The number of benzene rings is 2. The van der Waals surface area contributed by atoms with Gasteiger partial charge in [-0.2, -0.15) is 5.26 Å². The maximum atomic E-state index is 13.8. The van der Waals surface area contributed by atoms with Crippen molar-refractivity contribution in [3.63, 3.8) is 0 Å². The number of hydrogen-bond acceptors (Lipinski definition) is 3. The average molecular weight is 291 g/mol. The van der Waals surface area contributed by atoms with E-state index in [0.29, 0.717) is 34.1 Å². The standard InChI is InChI=1S/C15H12ClFN2O/c1-20-12-4-3-11(14(17)7-12)9-19-15-5-2-10(8-18)6-13(15)16/h2-7,19H,9H2,1H3. The number of methoxy groups -OCH3 is 1. The minimum absolute atomic E-state index is 0.293. The maximum Gasteiger partial charge on any atom is 0.131 e. The van der Waals surface area contributed by atoms with Crippen LogP contribution in [0.1, 0.15) is 11.1 Å². The minimum atomic E-state index is -0.346. The van der Waals surface area contributed by atoms with Gasteiger partial charge in [-0.3, -0.25) is 0 Å². The molecule has 5 heteroatoms. The molecule has 2 aromatic carbocycles. The summed E-state index contributed by atoms with van der Waals surface area (Å²) < 4.78 is 18.7. The van der Waals surface area contributed by atoms with Gasteiger partial charge in [-0.25, -0.2) is 4.39 Å². The van der Waals surface area contributed by atoms with Crippen LogP contribution in [0.4, 0.5) is 10.1 Å². The third-order valence-electron chi connectivity index (χ3n) is 2.83. The van der Waals surface area contributed by atoms with E-state index in [1.54, 1.807) is 30.3 Å². The van der Waals surface area contributed by atoms with Crippen molar-refractivity contribution in [2.75, 3.05) is 12.4 Å². The SMILES string of the molecule is COc1ccc(CNc2ccc(C#N)cc2Cl)c(F)c1. The van der Waals surface area contributed by atoms with Gasteiger partial charge in [0.05, 0.1) is 29.5 Å². The van der Waals surface area contributed by atoms with E-state index in [1.165, 1.54) is 13.2 Å². The summed E-state index contributed by atoms with van der Waals surface area (Å²) in [5.74, 6) is 0.129. The van der Waals surface area contributed by atoms with Crippen molar-refractivity contribution in [1.29, 1.82) is 5.26 Å². The Labute approximate surface area is 121 Å². The summed E-state index contributed by atoms with van der Waals surface area (Å²) in [6.45, 7) is 0.293. The summed E-state index contributed by atoms with van der Waals surface area (Å²) in [6.07, 6.45) is 0. The van der Waals surface area contributed by atoms with Crippen LogP contribution in [-0.4, -0.2) is 7.11 Å². The molecule has 0 aliphatic carbocycles. The zero-order valence-corrected chi connectivity index (χ0v) is 11.5. The number of rotatable bonds is 4. The smallest absolute Gasteiger partial charge is 0.131 e. The Morgan fingerprint density at radius 1 is 1.30 bits per heavy atom. The van der Waals surface area contributed by atoms with Gasteiger partial charge in [0.25, 0.3) is 0 Å². The molecular weight excluding hydrogens is 279 g/mol. The van der Waals surface area contributed by atoms with Crippen LogP contribution in [0.2, 0.25) is 5.02 Å². The van der Waals surface area contributed by atoms with Crippen LogP contribution in [-0.2, 0) is 6.54 Å². The fourth-order valence-corrected chi connectivity index (χ4v) is 1.96. The van der Waals surface area contributed by atoms with Gasteiger partial charge in [-0.15, -0.1) is 0 Å². The Balaban J connectivity index is 2.11. The van der Waals surface area contributed by atoms with Crippen molar-refractivity contribution in [2.45, 2.75) is 6.54 Å². The molecule has 0 aromatic heterocycles. The zero-order valence-electron chi connectivity index (χ0n) is 10.8. The van der Waals surface area contributed by atoms with Crippen LogP contribution in [0, 0.1) is 17.1 Å². The molecule has 3 nitrogen and oxygen atoms in total. The van der Waals surface area contributed by atoms with Crippen molar-refractivity contribution in [3.8, 4) is 11.8 Å². The molecule has 0 spiro atoms. The van der Waals surface area contributed by atoms with Crippen molar-refractivity contribution >= 4 is 17.3 Å². The van der Waals surface area contributed by atoms with E-state index >= 15 is 0 Å². The zero-order chi connectivity index (χ0) is 14.5. The molecule has 0 bridgehead atoms. The molecule has 0 radical (unpaired) electrons. The van der Waals surface area contributed by atoms with Gasteiger partial charge in [0.15, 0.2) is 0 Å². The summed E-state index contributed by atoms with van der Waals surface area (Å²) in [4.78, 5) is 0. The summed E-state index contributed by atoms with van der Waals surface area (Å²) >= 11 is 6.03. The Kier molecular flexibility index (Phi) is 4.44. The van der Waals surface area contributed by atoms with Crippen LogP contribution in [0.5, 0.6) is 5.75 Å². The summed E-state index contributed by atoms with van der Waals surface area (Å²) in [6, 6.07) is 11.6. The Bertz CT molecular complexity index is 667. The van der Waals surface area contributed by atoms with E-state index in [9.17, 15) is 4.39 Å². The molecule has 0 heterocycles. The van der Waals surface area contributed by atoms with Gasteiger partial charge in [-0.1, -0.05) is 17.7 Å². The average Bonchev–Trinajstić information content (AvgIpc) is 2.46. The van der Waals surface area contributed by atoms with Gasteiger partial charge in [0, 0.05) is 18.2 Å². The predicted molar refractivity (Wildman–Crippen MR) is 76.4 cm³/mol. The van der Waals surface area contributed by atoms with Crippen LogP contribution in [0.15, 0.2) is 36.4 Å². The van der Waals surface area contributed by atoms with Crippen LogP contribution in [0.25, 0.3) is 0 Å². The van der Waals surface area contributed by atoms with Gasteiger partial charge < -0.3 is 10.1 Å². The van der Waals surface area contributed by atoms with E-state index in [4.69, 9.17) is 21.6 Å². The molecule has 0 saturated heterocycles. The first kappa shape index (κ1) is 14.2. The Hall–Kier alpha value is -2.25. The fourth-order valence-electron chi connectivity index (χ4n) is 1.72. The highest BCUT2D eigenvalue weighted by molar-refractivity contribution is 6.33. The summed E-state index contributed by atoms with van der Waals surface area (Å²) in [5.41, 5.74) is 1.64. The molecule has 0 aliphatic heterocycles. The van der Waals surface area contributed by atoms with E-state index in [0.717, 1.165) is 0 Å². The molecule has 1 N–H and O–H groups in total. The fraction of sp³-hybridized carbons (Fsp3) is 0.133. The summed E-state index contributed by atoms with van der Waals surface area (Å²) in [7, 11) is 1.49. The van der Waals surface area contributed by atoms with Crippen molar-refractivity contribution in [3.05, 3.63) is 58.4 Å². The summed E-state index contributed by atoms with van der Waals surface area (Å²) in [5, 5.41) is 12.2. The van der Waals surface area contributed by atoms with E-state index in [-0.39, 0.29) is 5.82 Å². The van der Waals surface area contributed by atoms with Crippen LogP contribution < -0.4 is 10.1 Å². The number of ether oxygens (including phenoxy) is 1. The second-order valence-corrected chi connectivity index (χ2v) is 4.52. The lowest BCUT2D eigenvalue weighted by atomic mass is 10.2. The lowest BCUT2D eigenvalue weighted by Crippen LogP contribution is -2.02. The molecule has 102 valence electrons. The third kappa shape index (κ3) is 3.19. The first-order chi connectivity index (χ1) is 9.63. The molecule has 0 amide bonds. The van der Waals surface area contributed by atoms with Gasteiger partial charge >= 0.3 is 0 Å². The Morgan fingerprint density at radius 2 is 2.10 bits per heavy atom. The van der Waals surface area contributed by atoms with Crippen LogP contribution in [0.3, 0.4) is 0 Å². The first-order valence-electron chi connectivity index (χ1n) is 5.90. The number of halogens is 2. The molecule has 0 fully saturated rings. The number of nitriles is 1. The first-order valence-corrected chi connectivity index (χ1v) is 6.28. The van der Waals surface area contributed by atoms with Crippen LogP contribution >= 0.6 is 11.6 Å². The second-order valence-electron chi connectivity index (χ2n) is 4.12. The third-order valence-corrected chi connectivity index (χ3v) is 3.14. The highest BCUT2D eigenvalue weighted by Crippen LogP contribution is 2.24. The van der Waals surface area contributed by atoms with Crippen molar-refractivity contribution in [2.24, 2.45) is 0 Å². The van der Waals surface area contributed by atoms with Gasteiger partial charge in [0.1, 0.15) is 11.6 Å². The molecule has 0 atom stereocenters. The van der Waals surface area contributed by atoms with Gasteiger partial charge in [0.2, 0.25) is 0 Å². The van der Waals surface area contributed by atoms with Crippen molar-refractivity contribution < 1.29 is 9.13 Å². The minimum Gasteiger partial charge on any atom is -0.497 e. The highest BCUT2D eigenvalue weighted by Gasteiger charge is 2.06. The second kappa shape index (κ2) is 6.27. The van der Waals surface area contributed by atoms with E-state index in [1.807, 2.05) is 6.07 Å². The van der Waals surface area contributed by atoms with E-state index in [2.05, 4.69) is 5.32 Å². The molecule has 0 saturated carbocycles. The molecule has 2 rings (SSSR count).